The highest BCUT2D eigenvalue weighted by Crippen LogP contribution is 2.21. The number of rotatable bonds is 6. The second kappa shape index (κ2) is 8.47. The number of hydrogen-bond donors (Lipinski definition) is 2. The Labute approximate surface area is 154 Å². The van der Waals surface area contributed by atoms with Gasteiger partial charge in [0, 0.05) is 6.54 Å². The highest BCUT2D eigenvalue weighted by Gasteiger charge is 2.24. The minimum absolute atomic E-state index is 0.0196. The number of imide groups is 1. The Balaban J connectivity index is 2.25. The Morgan fingerprint density at radius 3 is 2.67 bits per heavy atom. The van der Waals surface area contributed by atoms with E-state index in [0.29, 0.717) is 6.54 Å². The molecule has 0 saturated carbocycles. The van der Waals surface area contributed by atoms with Crippen molar-refractivity contribution in [2.24, 2.45) is 5.92 Å². The van der Waals surface area contributed by atoms with Crippen molar-refractivity contribution < 1.29 is 23.5 Å². The molecule has 0 saturated heterocycles. The number of esters is 1. The standard InChI is InChI=1S/C17H22N4O6/c1-5-26-16(24)12-10(4)27-14-13(12)15(23)21(8-19-14)7-11(22)20-17(25)18-6-9(2)3/h8-9H,5-7H2,1-4H3,(H2,18,20,22,25). The summed E-state index contributed by atoms with van der Waals surface area (Å²) in [5.74, 6) is -0.977. The number of ether oxygens (including phenoxy) is 1. The van der Waals surface area contributed by atoms with E-state index in [1.165, 1.54) is 6.92 Å². The number of hydrogen-bond acceptors (Lipinski definition) is 7. The predicted molar refractivity (Wildman–Crippen MR) is 95.3 cm³/mol. The molecule has 2 aromatic rings. The van der Waals surface area contributed by atoms with E-state index in [1.54, 1.807) is 6.92 Å². The summed E-state index contributed by atoms with van der Waals surface area (Å²) in [6.07, 6.45) is 1.12. The molecule has 10 heteroatoms. The topological polar surface area (TPSA) is 133 Å². The molecule has 2 rings (SSSR count). The quantitative estimate of drug-likeness (QED) is 0.715. The number of furan rings is 1. The van der Waals surface area contributed by atoms with Crippen LogP contribution in [0.5, 0.6) is 0 Å². The second-order valence-electron chi connectivity index (χ2n) is 6.26. The molecular weight excluding hydrogens is 356 g/mol. The Bertz CT molecular complexity index is 927. The number of nitrogens with zero attached hydrogens (tertiary/aromatic N) is 2. The fourth-order valence-electron chi connectivity index (χ4n) is 2.36. The molecule has 0 aliphatic heterocycles. The predicted octanol–water partition coefficient (Wildman–Crippen LogP) is 0.956. The van der Waals surface area contributed by atoms with Crippen molar-refractivity contribution in [1.29, 1.82) is 0 Å². The van der Waals surface area contributed by atoms with Crippen LogP contribution in [-0.2, 0) is 16.1 Å². The largest absolute Gasteiger partial charge is 0.462 e. The van der Waals surface area contributed by atoms with E-state index in [4.69, 9.17) is 9.15 Å². The van der Waals surface area contributed by atoms with Crippen LogP contribution in [0, 0.1) is 12.8 Å². The molecule has 2 N–H and O–H groups in total. The van der Waals surface area contributed by atoms with Crippen molar-refractivity contribution in [3.63, 3.8) is 0 Å². The van der Waals surface area contributed by atoms with E-state index in [1.807, 2.05) is 13.8 Å². The number of aryl methyl sites for hydroxylation is 1. The van der Waals surface area contributed by atoms with Gasteiger partial charge in [0.25, 0.3) is 5.56 Å². The van der Waals surface area contributed by atoms with E-state index < -0.39 is 30.0 Å². The average molecular weight is 378 g/mol. The molecule has 10 nitrogen and oxygen atoms in total. The lowest BCUT2D eigenvalue weighted by molar-refractivity contribution is -0.120. The summed E-state index contributed by atoms with van der Waals surface area (Å²) in [7, 11) is 0. The number of fused-ring (bicyclic) bond motifs is 1. The van der Waals surface area contributed by atoms with Crippen LogP contribution in [0.2, 0.25) is 0 Å². The summed E-state index contributed by atoms with van der Waals surface area (Å²) in [4.78, 5) is 52.4. The summed E-state index contributed by atoms with van der Waals surface area (Å²) in [6.45, 7) is 7.08. The van der Waals surface area contributed by atoms with Gasteiger partial charge in [0.2, 0.25) is 11.6 Å². The van der Waals surface area contributed by atoms with Crippen molar-refractivity contribution in [2.75, 3.05) is 13.2 Å². The van der Waals surface area contributed by atoms with Gasteiger partial charge in [-0.3, -0.25) is 19.5 Å². The summed E-state index contributed by atoms with van der Waals surface area (Å²) in [6, 6.07) is -0.651. The number of amides is 3. The zero-order chi connectivity index (χ0) is 20.1. The highest BCUT2D eigenvalue weighted by atomic mass is 16.5. The van der Waals surface area contributed by atoms with Crippen LogP contribution < -0.4 is 16.2 Å². The Hall–Kier alpha value is -3.17. The molecule has 0 fully saturated rings. The van der Waals surface area contributed by atoms with Gasteiger partial charge in [0.05, 0.1) is 6.61 Å². The first-order valence-electron chi connectivity index (χ1n) is 8.47. The first kappa shape index (κ1) is 20.1. The smallest absolute Gasteiger partial charge is 0.342 e. The van der Waals surface area contributed by atoms with E-state index in [0.717, 1.165) is 10.9 Å². The zero-order valence-electron chi connectivity index (χ0n) is 15.6. The molecule has 3 amide bonds. The molecule has 0 aliphatic carbocycles. The normalized spacial score (nSPS) is 10.9. The average Bonchev–Trinajstić information content (AvgIpc) is 2.92. The van der Waals surface area contributed by atoms with Crippen LogP contribution >= 0.6 is 0 Å². The van der Waals surface area contributed by atoms with Gasteiger partial charge in [-0.1, -0.05) is 13.8 Å². The van der Waals surface area contributed by atoms with Crippen molar-refractivity contribution in [1.82, 2.24) is 20.2 Å². The van der Waals surface area contributed by atoms with Crippen LogP contribution in [0.25, 0.3) is 11.1 Å². The third-order valence-electron chi connectivity index (χ3n) is 3.57. The van der Waals surface area contributed by atoms with Gasteiger partial charge in [-0.2, -0.15) is 0 Å². The van der Waals surface area contributed by atoms with Gasteiger partial charge >= 0.3 is 12.0 Å². The minimum Gasteiger partial charge on any atom is -0.462 e. The van der Waals surface area contributed by atoms with Gasteiger partial charge in [0.1, 0.15) is 29.6 Å². The number of nitrogens with one attached hydrogen (secondary N) is 2. The van der Waals surface area contributed by atoms with E-state index in [-0.39, 0.29) is 34.9 Å². The first-order valence-corrected chi connectivity index (χ1v) is 8.47. The first-order chi connectivity index (χ1) is 12.7. The van der Waals surface area contributed by atoms with E-state index in [9.17, 15) is 19.2 Å². The number of carbonyl (C=O) groups is 3. The maximum atomic E-state index is 12.7. The van der Waals surface area contributed by atoms with E-state index in [2.05, 4.69) is 15.6 Å². The Morgan fingerprint density at radius 1 is 1.33 bits per heavy atom. The molecule has 0 atom stereocenters. The lowest BCUT2D eigenvalue weighted by atomic mass is 10.2. The zero-order valence-corrected chi connectivity index (χ0v) is 15.6. The Morgan fingerprint density at radius 2 is 2.04 bits per heavy atom. The van der Waals surface area contributed by atoms with Gasteiger partial charge < -0.3 is 14.5 Å². The molecule has 146 valence electrons. The van der Waals surface area contributed by atoms with Crippen LogP contribution in [0.1, 0.15) is 36.9 Å². The molecule has 0 aromatic carbocycles. The molecule has 0 aliphatic rings. The van der Waals surface area contributed by atoms with Crippen LogP contribution in [0.15, 0.2) is 15.5 Å². The minimum atomic E-state index is -0.706. The highest BCUT2D eigenvalue weighted by molar-refractivity contribution is 6.03. The summed E-state index contributed by atoms with van der Waals surface area (Å²) >= 11 is 0. The molecule has 27 heavy (non-hydrogen) atoms. The number of urea groups is 1. The molecule has 2 aromatic heterocycles. The third-order valence-corrected chi connectivity index (χ3v) is 3.57. The lowest BCUT2D eigenvalue weighted by Crippen LogP contribution is -2.43. The monoisotopic (exact) mass is 378 g/mol. The maximum absolute atomic E-state index is 12.7. The molecule has 2 heterocycles. The fourth-order valence-corrected chi connectivity index (χ4v) is 2.36. The molecule has 0 bridgehead atoms. The lowest BCUT2D eigenvalue weighted by Gasteiger charge is -2.09. The van der Waals surface area contributed by atoms with Crippen molar-refractivity contribution in [3.05, 3.63) is 28.0 Å². The molecule has 0 radical (unpaired) electrons. The van der Waals surface area contributed by atoms with Gasteiger partial charge in [-0.25, -0.2) is 14.6 Å². The summed E-state index contributed by atoms with van der Waals surface area (Å²) < 4.78 is 11.3. The fraction of sp³-hybridized carbons (Fsp3) is 0.471. The van der Waals surface area contributed by atoms with Crippen molar-refractivity contribution >= 4 is 29.0 Å². The molecule has 0 unspecified atom stereocenters. The third kappa shape index (κ3) is 4.72. The number of carbonyl (C=O) groups excluding carboxylic acids is 3. The van der Waals surface area contributed by atoms with Crippen LogP contribution in [0.3, 0.4) is 0 Å². The van der Waals surface area contributed by atoms with Crippen LogP contribution in [-0.4, -0.2) is 40.6 Å². The van der Waals surface area contributed by atoms with E-state index >= 15 is 0 Å². The molecular formula is C17H22N4O6. The number of aromatic nitrogens is 2. The van der Waals surface area contributed by atoms with Crippen molar-refractivity contribution in [2.45, 2.75) is 34.2 Å². The summed E-state index contributed by atoms with van der Waals surface area (Å²) in [5, 5.41) is 4.60. The SMILES string of the molecule is CCOC(=O)c1c(C)oc2ncn(CC(=O)NC(=O)NCC(C)C)c(=O)c12. The van der Waals surface area contributed by atoms with Gasteiger partial charge in [0.15, 0.2) is 0 Å². The second-order valence-corrected chi connectivity index (χ2v) is 6.26. The summed E-state index contributed by atoms with van der Waals surface area (Å²) in [5.41, 5.74) is -0.682. The van der Waals surface area contributed by atoms with Crippen molar-refractivity contribution in [3.8, 4) is 0 Å². The maximum Gasteiger partial charge on any atom is 0.342 e. The molecule has 0 spiro atoms. The van der Waals surface area contributed by atoms with Crippen LogP contribution in [0.4, 0.5) is 4.79 Å². The Kier molecular flexibility index (Phi) is 6.32. The van der Waals surface area contributed by atoms with Gasteiger partial charge in [-0.05, 0) is 19.8 Å². The van der Waals surface area contributed by atoms with Gasteiger partial charge in [-0.15, -0.1) is 0 Å².